The topological polar surface area (TPSA) is 96.2 Å². The SMILES string of the molecule is Cc1ccccc1C(=O)Nc1ccc(O)c(-c2cc(C3CC3)n(C(=O)NCc3ccccc3Cl)n2)c1. The van der Waals surface area contributed by atoms with E-state index in [0.29, 0.717) is 27.5 Å². The number of carbonyl (C=O) groups excluding carboxylic acids is 2. The summed E-state index contributed by atoms with van der Waals surface area (Å²) in [5, 5.41) is 21.5. The van der Waals surface area contributed by atoms with Crippen molar-refractivity contribution in [2.45, 2.75) is 32.2 Å². The van der Waals surface area contributed by atoms with E-state index in [1.807, 2.05) is 49.4 Å². The highest BCUT2D eigenvalue weighted by Gasteiger charge is 2.31. The Kier molecular flexibility index (Phi) is 6.48. The van der Waals surface area contributed by atoms with Crippen LogP contribution in [0.2, 0.25) is 5.02 Å². The molecule has 36 heavy (non-hydrogen) atoms. The Labute approximate surface area is 213 Å². The number of phenols is 1. The van der Waals surface area contributed by atoms with E-state index in [0.717, 1.165) is 29.7 Å². The summed E-state index contributed by atoms with van der Waals surface area (Å²) in [6.45, 7) is 2.14. The van der Waals surface area contributed by atoms with Crippen LogP contribution in [0.15, 0.2) is 72.8 Å². The number of aryl methyl sites for hydroxylation is 1. The molecule has 1 aliphatic rings. The molecule has 0 atom stereocenters. The summed E-state index contributed by atoms with van der Waals surface area (Å²) in [6.07, 6.45) is 1.95. The van der Waals surface area contributed by atoms with Crippen LogP contribution in [0.1, 0.15) is 45.9 Å². The van der Waals surface area contributed by atoms with Crippen molar-refractivity contribution in [2.24, 2.45) is 0 Å². The fraction of sp³-hybridized carbons (Fsp3) is 0.179. The van der Waals surface area contributed by atoms with E-state index in [9.17, 15) is 14.7 Å². The van der Waals surface area contributed by atoms with E-state index in [-0.39, 0.29) is 30.2 Å². The molecule has 5 rings (SSSR count). The van der Waals surface area contributed by atoms with Crippen LogP contribution in [0.25, 0.3) is 11.3 Å². The molecule has 0 aliphatic heterocycles. The van der Waals surface area contributed by atoms with Crippen LogP contribution in [0, 0.1) is 6.92 Å². The van der Waals surface area contributed by atoms with Gasteiger partial charge in [-0.25, -0.2) is 4.79 Å². The van der Waals surface area contributed by atoms with Crippen molar-refractivity contribution in [3.8, 4) is 17.0 Å². The maximum atomic E-state index is 13.0. The Balaban J connectivity index is 1.40. The summed E-state index contributed by atoms with van der Waals surface area (Å²) >= 11 is 6.21. The first-order valence-corrected chi connectivity index (χ1v) is 12.1. The lowest BCUT2D eigenvalue weighted by Gasteiger charge is -2.10. The highest BCUT2D eigenvalue weighted by atomic mass is 35.5. The predicted molar refractivity (Wildman–Crippen MR) is 140 cm³/mol. The summed E-state index contributed by atoms with van der Waals surface area (Å²) in [6, 6.07) is 20.9. The molecule has 7 nitrogen and oxygen atoms in total. The van der Waals surface area contributed by atoms with Gasteiger partial charge in [0.1, 0.15) is 5.75 Å². The molecular weight excluding hydrogens is 476 g/mol. The highest BCUT2D eigenvalue weighted by molar-refractivity contribution is 6.31. The number of nitrogens with zero attached hydrogens (tertiary/aromatic N) is 2. The lowest BCUT2D eigenvalue weighted by atomic mass is 10.1. The van der Waals surface area contributed by atoms with Crippen molar-refractivity contribution in [3.05, 3.63) is 100 Å². The molecule has 0 spiro atoms. The molecule has 3 N–H and O–H groups in total. The van der Waals surface area contributed by atoms with E-state index in [1.165, 1.54) is 10.7 Å². The molecule has 0 unspecified atom stereocenters. The van der Waals surface area contributed by atoms with Crippen LogP contribution in [0.5, 0.6) is 5.75 Å². The molecule has 0 bridgehead atoms. The van der Waals surface area contributed by atoms with Crippen LogP contribution < -0.4 is 10.6 Å². The van der Waals surface area contributed by atoms with Gasteiger partial charge >= 0.3 is 6.03 Å². The second kappa shape index (κ2) is 9.87. The van der Waals surface area contributed by atoms with Crippen molar-refractivity contribution < 1.29 is 14.7 Å². The summed E-state index contributed by atoms with van der Waals surface area (Å²) in [5.41, 5.74) is 4.43. The maximum absolute atomic E-state index is 13.0. The first-order chi connectivity index (χ1) is 17.4. The number of benzene rings is 3. The number of phenolic OH excluding ortho intramolecular Hbond substituents is 1. The third-order valence-corrected chi connectivity index (χ3v) is 6.60. The van der Waals surface area contributed by atoms with Gasteiger partial charge < -0.3 is 15.7 Å². The van der Waals surface area contributed by atoms with Crippen molar-refractivity contribution in [1.82, 2.24) is 15.1 Å². The Morgan fingerprint density at radius 2 is 1.81 bits per heavy atom. The smallest absolute Gasteiger partial charge is 0.342 e. The number of aromatic hydroxyl groups is 1. The van der Waals surface area contributed by atoms with Crippen LogP contribution in [-0.2, 0) is 6.54 Å². The maximum Gasteiger partial charge on any atom is 0.342 e. The molecule has 0 radical (unpaired) electrons. The quantitative estimate of drug-likeness (QED) is 0.278. The number of amides is 2. The predicted octanol–water partition coefficient (Wildman–Crippen LogP) is 6.11. The molecule has 3 aromatic carbocycles. The van der Waals surface area contributed by atoms with E-state index < -0.39 is 0 Å². The Bertz CT molecular complexity index is 1460. The van der Waals surface area contributed by atoms with Crippen LogP contribution >= 0.6 is 11.6 Å². The highest BCUT2D eigenvalue weighted by Crippen LogP contribution is 2.42. The average molecular weight is 501 g/mol. The molecule has 1 fully saturated rings. The number of anilines is 1. The second-order valence-corrected chi connectivity index (χ2v) is 9.30. The summed E-state index contributed by atoms with van der Waals surface area (Å²) in [5.74, 6) is 0.00338. The van der Waals surface area contributed by atoms with Gasteiger partial charge in [0, 0.05) is 34.3 Å². The van der Waals surface area contributed by atoms with Crippen molar-refractivity contribution in [3.63, 3.8) is 0 Å². The minimum absolute atomic E-state index is 0.00682. The fourth-order valence-corrected chi connectivity index (χ4v) is 4.29. The number of halogens is 1. The molecule has 1 aliphatic carbocycles. The minimum Gasteiger partial charge on any atom is -0.507 e. The van der Waals surface area contributed by atoms with E-state index in [2.05, 4.69) is 15.7 Å². The first-order valence-electron chi connectivity index (χ1n) is 11.7. The third-order valence-electron chi connectivity index (χ3n) is 6.23. The Hall–Kier alpha value is -4.10. The average Bonchev–Trinajstić information content (AvgIpc) is 3.63. The van der Waals surface area contributed by atoms with Crippen LogP contribution in [0.3, 0.4) is 0 Å². The number of hydrogen-bond donors (Lipinski definition) is 3. The van der Waals surface area contributed by atoms with Gasteiger partial charge in [-0.3, -0.25) is 4.79 Å². The van der Waals surface area contributed by atoms with Gasteiger partial charge in [-0.1, -0.05) is 48.0 Å². The summed E-state index contributed by atoms with van der Waals surface area (Å²) in [4.78, 5) is 25.8. The van der Waals surface area contributed by atoms with Crippen molar-refractivity contribution in [1.29, 1.82) is 0 Å². The minimum atomic E-state index is -0.369. The molecule has 1 heterocycles. The molecule has 0 saturated heterocycles. The van der Waals surface area contributed by atoms with Crippen LogP contribution in [0.4, 0.5) is 10.5 Å². The number of rotatable bonds is 6. The zero-order valence-electron chi connectivity index (χ0n) is 19.7. The molecular formula is C28H25ClN4O3. The number of carbonyl (C=O) groups is 2. The van der Waals surface area contributed by atoms with E-state index >= 15 is 0 Å². The molecule has 1 saturated carbocycles. The lowest BCUT2D eigenvalue weighted by Crippen LogP contribution is -2.30. The molecule has 1 aromatic heterocycles. The zero-order chi connectivity index (χ0) is 25.2. The Morgan fingerprint density at radius 3 is 2.56 bits per heavy atom. The van der Waals surface area contributed by atoms with Crippen molar-refractivity contribution >= 4 is 29.2 Å². The van der Waals surface area contributed by atoms with Gasteiger partial charge in [-0.2, -0.15) is 9.78 Å². The Morgan fingerprint density at radius 1 is 1.06 bits per heavy atom. The normalized spacial score (nSPS) is 12.8. The summed E-state index contributed by atoms with van der Waals surface area (Å²) < 4.78 is 1.36. The standard InChI is InChI=1S/C28H25ClN4O3/c1-17-6-2-4-8-21(17)27(35)31-20-12-13-26(34)22(14-20)24-15-25(18-10-11-18)33(32-24)28(36)30-16-19-7-3-5-9-23(19)29/h2-9,12-15,18,34H,10-11,16H2,1H3,(H,30,36)(H,31,35). The van der Waals surface area contributed by atoms with E-state index in [4.69, 9.17) is 11.6 Å². The van der Waals surface area contributed by atoms with Gasteiger partial charge in [0.15, 0.2) is 0 Å². The number of nitrogens with one attached hydrogen (secondary N) is 2. The fourth-order valence-electron chi connectivity index (χ4n) is 4.09. The van der Waals surface area contributed by atoms with Gasteiger partial charge in [-0.15, -0.1) is 0 Å². The number of hydrogen-bond acceptors (Lipinski definition) is 4. The van der Waals surface area contributed by atoms with Gasteiger partial charge in [0.25, 0.3) is 5.91 Å². The monoisotopic (exact) mass is 500 g/mol. The first kappa shape index (κ1) is 23.6. The number of aromatic nitrogens is 2. The van der Waals surface area contributed by atoms with E-state index in [1.54, 1.807) is 24.3 Å². The second-order valence-electron chi connectivity index (χ2n) is 8.89. The molecule has 2 amide bonds. The van der Waals surface area contributed by atoms with Crippen molar-refractivity contribution in [2.75, 3.05) is 5.32 Å². The summed E-state index contributed by atoms with van der Waals surface area (Å²) in [7, 11) is 0. The van der Waals surface area contributed by atoms with Crippen LogP contribution in [-0.4, -0.2) is 26.8 Å². The molecule has 4 aromatic rings. The van der Waals surface area contributed by atoms with Gasteiger partial charge in [0.2, 0.25) is 0 Å². The van der Waals surface area contributed by atoms with Gasteiger partial charge in [-0.05, 0) is 67.3 Å². The lowest BCUT2D eigenvalue weighted by molar-refractivity contribution is 0.102. The molecule has 182 valence electrons. The van der Waals surface area contributed by atoms with Gasteiger partial charge in [0.05, 0.1) is 11.4 Å². The zero-order valence-corrected chi connectivity index (χ0v) is 20.4. The third kappa shape index (κ3) is 4.97. The largest absolute Gasteiger partial charge is 0.507 e. The molecule has 8 heteroatoms.